The number of hydrogen-bond acceptors (Lipinski definition) is 3. The van der Waals surface area contributed by atoms with E-state index in [-0.39, 0.29) is 6.61 Å². The Bertz CT molecular complexity index is 170. The van der Waals surface area contributed by atoms with Crippen molar-refractivity contribution in [3.63, 3.8) is 0 Å². The summed E-state index contributed by atoms with van der Waals surface area (Å²) in [5.74, 6) is 2.57. The fraction of sp³-hybridized carbons (Fsp3) is 0.500. The van der Waals surface area contributed by atoms with Gasteiger partial charge in [0.15, 0.2) is 6.61 Å². The second-order valence-corrected chi connectivity index (χ2v) is 2.97. The Labute approximate surface area is 92.5 Å². The Kier molecular flexibility index (Phi) is 8.61. The molecular weight excluding hydrogens is 374 g/mol. The predicted octanol–water partition coefficient (Wildman–Crippen LogP) is 1.97. The molecule has 0 saturated carbocycles. The highest BCUT2D eigenvalue weighted by Gasteiger charge is 1.99. The van der Waals surface area contributed by atoms with Crippen LogP contribution in [-0.2, 0) is 9.47 Å². The predicted molar refractivity (Wildman–Crippen MR) is 58.0 cm³/mol. The van der Waals surface area contributed by atoms with E-state index in [1.165, 1.54) is 0 Å². The van der Waals surface area contributed by atoms with Crippen molar-refractivity contribution in [3.05, 3.63) is 0 Å². The Hall–Kier alpha value is 0.290. The van der Waals surface area contributed by atoms with Crippen molar-refractivity contribution in [1.82, 2.24) is 0 Å². The lowest BCUT2D eigenvalue weighted by atomic mass is 10.8. The molecule has 0 radical (unpaired) electrons. The molecule has 0 aliphatic rings. The molecule has 0 amide bonds. The molecule has 62 valence electrons. The molecule has 0 spiro atoms. The molecule has 0 aliphatic heterocycles. The van der Waals surface area contributed by atoms with Crippen LogP contribution in [0.4, 0.5) is 4.79 Å². The Morgan fingerprint density at radius 1 is 1.45 bits per heavy atom. The van der Waals surface area contributed by atoms with Crippen molar-refractivity contribution in [2.75, 3.05) is 17.6 Å². The number of hydrogen-bond donors (Lipinski definition) is 0. The molecule has 0 bridgehead atoms. The maximum absolute atomic E-state index is 10.6. The fourth-order valence-electron chi connectivity index (χ4n) is 0.286. The molecule has 0 atom stereocenters. The lowest BCUT2D eigenvalue weighted by Gasteiger charge is -1.99. The van der Waals surface area contributed by atoms with Crippen LogP contribution < -0.4 is 0 Å². The highest BCUT2D eigenvalue weighted by molar-refractivity contribution is 14.1. The summed E-state index contributed by atoms with van der Waals surface area (Å²) in [6, 6.07) is 0. The highest BCUT2D eigenvalue weighted by Crippen LogP contribution is 1.87. The first-order valence-corrected chi connectivity index (χ1v) is 5.35. The van der Waals surface area contributed by atoms with Gasteiger partial charge in [-0.15, -0.1) is 0 Å². The maximum Gasteiger partial charge on any atom is 0.509 e. The van der Waals surface area contributed by atoms with Crippen LogP contribution in [0.5, 0.6) is 0 Å². The molecule has 0 aromatic rings. The van der Waals surface area contributed by atoms with Crippen molar-refractivity contribution in [2.45, 2.75) is 0 Å². The summed E-state index contributed by atoms with van der Waals surface area (Å²) in [4.78, 5) is 10.6. The summed E-state index contributed by atoms with van der Waals surface area (Å²) >= 11 is 3.97. The molecular formula is C6H6I2O3. The first-order chi connectivity index (χ1) is 5.31. The van der Waals surface area contributed by atoms with Gasteiger partial charge in [0.2, 0.25) is 0 Å². The van der Waals surface area contributed by atoms with E-state index in [1.54, 1.807) is 0 Å². The number of carbonyl (C=O) groups is 1. The molecule has 0 aromatic heterocycles. The molecule has 0 N–H and O–H groups in total. The van der Waals surface area contributed by atoms with E-state index < -0.39 is 6.16 Å². The van der Waals surface area contributed by atoms with Gasteiger partial charge in [-0.05, 0) is 3.93 Å². The van der Waals surface area contributed by atoms with E-state index >= 15 is 0 Å². The van der Waals surface area contributed by atoms with Crippen LogP contribution in [0.1, 0.15) is 0 Å². The van der Waals surface area contributed by atoms with Gasteiger partial charge in [0.05, 0.1) is 0 Å². The third-order valence-electron chi connectivity index (χ3n) is 0.626. The number of rotatable bonds is 3. The third kappa shape index (κ3) is 8.19. The van der Waals surface area contributed by atoms with Gasteiger partial charge in [-0.25, -0.2) is 4.79 Å². The standard InChI is InChI=1S/C6H6I2O3/c7-2-1-4-10-6(9)11-5-3-8/h3-5H2. The highest BCUT2D eigenvalue weighted by atomic mass is 127. The average molecular weight is 380 g/mol. The van der Waals surface area contributed by atoms with Gasteiger partial charge >= 0.3 is 6.16 Å². The number of alkyl halides is 1. The monoisotopic (exact) mass is 380 g/mol. The van der Waals surface area contributed by atoms with Crippen LogP contribution >= 0.6 is 45.2 Å². The number of halogens is 2. The SMILES string of the molecule is O=C(OCC#CI)OCCI. The summed E-state index contributed by atoms with van der Waals surface area (Å²) in [6.07, 6.45) is -0.652. The Morgan fingerprint density at radius 3 is 2.73 bits per heavy atom. The van der Waals surface area contributed by atoms with Crippen LogP contribution in [0.3, 0.4) is 0 Å². The molecule has 0 heterocycles. The fourth-order valence-corrected chi connectivity index (χ4v) is 0.662. The number of carbonyl (C=O) groups excluding carboxylic acids is 1. The van der Waals surface area contributed by atoms with Gasteiger partial charge in [-0.1, -0.05) is 28.5 Å². The first kappa shape index (κ1) is 11.3. The van der Waals surface area contributed by atoms with Gasteiger partial charge in [0.25, 0.3) is 0 Å². The molecule has 0 aliphatic carbocycles. The first-order valence-electron chi connectivity index (χ1n) is 2.75. The lowest BCUT2D eigenvalue weighted by molar-refractivity contribution is 0.0699. The van der Waals surface area contributed by atoms with E-state index in [0.29, 0.717) is 6.61 Å². The minimum atomic E-state index is -0.652. The summed E-state index contributed by atoms with van der Waals surface area (Å²) in [6.45, 7) is 0.486. The minimum absolute atomic E-state index is 0.100. The minimum Gasteiger partial charge on any atom is -0.433 e. The number of ether oxygens (including phenoxy) is 2. The van der Waals surface area contributed by atoms with E-state index in [9.17, 15) is 4.79 Å². The Balaban J connectivity index is 3.27. The quantitative estimate of drug-likeness (QED) is 0.325. The van der Waals surface area contributed by atoms with Crippen molar-refractivity contribution in [3.8, 4) is 9.85 Å². The summed E-state index contributed by atoms with van der Waals surface area (Å²) in [5, 5.41) is 0. The molecule has 5 heteroatoms. The average Bonchev–Trinajstić information content (AvgIpc) is 2.01. The summed E-state index contributed by atoms with van der Waals surface area (Å²) in [7, 11) is 0. The zero-order valence-corrected chi connectivity index (χ0v) is 9.92. The van der Waals surface area contributed by atoms with E-state index in [0.717, 1.165) is 4.43 Å². The van der Waals surface area contributed by atoms with Gasteiger partial charge in [0, 0.05) is 27.0 Å². The zero-order valence-electron chi connectivity index (χ0n) is 5.60. The van der Waals surface area contributed by atoms with Gasteiger partial charge in [-0.3, -0.25) is 0 Å². The van der Waals surface area contributed by atoms with Crippen molar-refractivity contribution in [1.29, 1.82) is 0 Å². The van der Waals surface area contributed by atoms with Gasteiger partial charge < -0.3 is 9.47 Å². The van der Waals surface area contributed by atoms with Crippen LogP contribution in [-0.4, -0.2) is 23.8 Å². The Morgan fingerprint density at radius 2 is 2.18 bits per heavy atom. The van der Waals surface area contributed by atoms with Crippen molar-refractivity contribution < 1.29 is 14.3 Å². The molecule has 11 heavy (non-hydrogen) atoms. The van der Waals surface area contributed by atoms with Crippen LogP contribution in [0, 0.1) is 9.85 Å². The van der Waals surface area contributed by atoms with E-state index in [2.05, 4.69) is 41.9 Å². The van der Waals surface area contributed by atoms with Crippen molar-refractivity contribution >= 4 is 51.3 Å². The van der Waals surface area contributed by atoms with Gasteiger partial charge in [-0.2, -0.15) is 0 Å². The summed E-state index contributed by atoms with van der Waals surface area (Å²) < 4.78 is 12.5. The normalized spacial score (nSPS) is 7.82. The van der Waals surface area contributed by atoms with Crippen molar-refractivity contribution in [2.24, 2.45) is 0 Å². The second kappa shape index (κ2) is 8.39. The van der Waals surface area contributed by atoms with E-state index in [4.69, 9.17) is 0 Å². The molecule has 0 saturated heterocycles. The summed E-state index contributed by atoms with van der Waals surface area (Å²) in [5.41, 5.74) is 0. The zero-order chi connectivity index (χ0) is 8.53. The molecule has 0 rings (SSSR count). The largest absolute Gasteiger partial charge is 0.509 e. The second-order valence-electron chi connectivity index (χ2n) is 1.35. The van der Waals surface area contributed by atoms with Crippen LogP contribution in [0.15, 0.2) is 0 Å². The molecule has 0 unspecified atom stereocenters. The molecule has 3 nitrogen and oxygen atoms in total. The van der Waals surface area contributed by atoms with Crippen LogP contribution in [0.2, 0.25) is 0 Å². The van der Waals surface area contributed by atoms with Gasteiger partial charge in [0.1, 0.15) is 6.61 Å². The molecule has 0 fully saturated rings. The lowest BCUT2D eigenvalue weighted by Crippen LogP contribution is -2.08. The topological polar surface area (TPSA) is 35.5 Å². The van der Waals surface area contributed by atoms with Crippen LogP contribution in [0.25, 0.3) is 0 Å². The maximum atomic E-state index is 10.6. The third-order valence-corrected chi connectivity index (χ3v) is 1.45. The molecule has 0 aromatic carbocycles. The smallest absolute Gasteiger partial charge is 0.433 e. The van der Waals surface area contributed by atoms with E-state index in [1.807, 2.05) is 22.6 Å².